The Morgan fingerprint density at radius 2 is 1.79 bits per heavy atom. The van der Waals surface area contributed by atoms with Gasteiger partial charge in [0.2, 0.25) is 11.8 Å². The minimum Gasteiger partial charge on any atom is -0.357 e. The number of rotatable bonds is 5. The molecule has 1 aliphatic rings. The predicted molar refractivity (Wildman–Crippen MR) is 108 cm³/mol. The quantitative estimate of drug-likeness (QED) is 0.813. The third-order valence-electron chi connectivity index (χ3n) is 5.12. The average Bonchev–Trinajstić information content (AvgIpc) is 3.21. The Labute approximate surface area is 169 Å². The van der Waals surface area contributed by atoms with Crippen LogP contribution in [-0.4, -0.2) is 48.8 Å². The van der Waals surface area contributed by atoms with Crippen LogP contribution in [0, 0.1) is 12.7 Å². The molecule has 3 rings (SSSR count). The van der Waals surface area contributed by atoms with E-state index in [1.54, 1.807) is 6.07 Å². The van der Waals surface area contributed by atoms with E-state index in [4.69, 9.17) is 0 Å². The first-order valence-corrected chi connectivity index (χ1v) is 9.56. The van der Waals surface area contributed by atoms with E-state index in [0.717, 1.165) is 17.5 Å². The van der Waals surface area contributed by atoms with Crippen LogP contribution in [0.25, 0.3) is 11.1 Å². The molecule has 1 fully saturated rings. The third kappa shape index (κ3) is 4.62. The molecular formula is C22H24FN3O3. The fourth-order valence-electron chi connectivity index (χ4n) is 3.48. The van der Waals surface area contributed by atoms with Crippen LogP contribution in [-0.2, 0) is 9.59 Å². The molecule has 6 nitrogen and oxygen atoms in total. The van der Waals surface area contributed by atoms with E-state index >= 15 is 0 Å². The summed E-state index contributed by atoms with van der Waals surface area (Å²) in [4.78, 5) is 38.1. The fraction of sp³-hybridized carbons (Fsp3) is 0.318. The number of likely N-dealkylation sites (N-methyl/N-ethyl adjacent to an activating group) is 1. The van der Waals surface area contributed by atoms with Crippen molar-refractivity contribution in [1.82, 2.24) is 15.5 Å². The van der Waals surface area contributed by atoms with Crippen LogP contribution in [0.3, 0.4) is 0 Å². The van der Waals surface area contributed by atoms with Gasteiger partial charge in [-0.05, 0) is 43.0 Å². The Balaban J connectivity index is 1.64. The summed E-state index contributed by atoms with van der Waals surface area (Å²) in [5, 5.41) is 5.00. The van der Waals surface area contributed by atoms with Crippen molar-refractivity contribution in [3.63, 3.8) is 0 Å². The van der Waals surface area contributed by atoms with Crippen LogP contribution in [0.4, 0.5) is 4.39 Å². The number of hydrogen-bond donors (Lipinski definition) is 2. The van der Waals surface area contributed by atoms with Crippen LogP contribution in [0.1, 0.15) is 28.8 Å². The van der Waals surface area contributed by atoms with Crippen molar-refractivity contribution in [3.05, 3.63) is 59.4 Å². The number of nitrogens with one attached hydrogen (secondary N) is 2. The number of carbonyl (C=O) groups is 3. The zero-order valence-corrected chi connectivity index (χ0v) is 16.5. The highest BCUT2D eigenvalue weighted by Gasteiger charge is 2.33. The summed E-state index contributed by atoms with van der Waals surface area (Å²) in [6, 6.07) is 11.5. The number of aryl methyl sites for hydroxylation is 1. The van der Waals surface area contributed by atoms with Crippen molar-refractivity contribution in [2.24, 2.45) is 0 Å². The summed E-state index contributed by atoms with van der Waals surface area (Å²) in [6.45, 7) is 2.15. The topological polar surface area (TPSA) is 78.5 Å². The van der Waals surface area contributed by atoms with E-state index in [-0.39, 0.29) is 23.9 Å². The van der Waals surface area contributed by atoms with Crippen molar-refractivity contribution in [3.8, 4) is 11.1 Å². The standard InChI is InChI=1S/C22H24FN3O3/c1-14-5-7-15(8-6-14)16-9-10-17(18(23)12-16)21(28)25-13-20(27)26-11-3-4-19(26)22(29)24-2/h5-10,12,19H,3-4,11,13H2,1-2H3,(H,24,29)(H,25,28). The summed E-state index contributed by atoms with van der Waals surface area (Å²) in [6.07, 6.45) is 1.32. The lowest BCUT2D eigenvalue weighted by atomic mass is 10.0. The van der Waals surface area contributed by atoms with Gasteiger partial charge >= 0.3 is 0 Å². The summed E-state index contributed by atoms with van der Waals surface area (Å²) in [5.74, 6) is -1.90. The van der Waals surface area contributed by atoms with E-state index in [0.29, 0.717) is 18.5 Å². The van der Waals surface area contributed by atoms with Crippen molar-refractivity contribution in [2.75, 3.05) is 20.1 Å². The lowest BCUT2D eigenvalue weighted by molar-refractivity contribution is -0.137. The van der Waals surface area contributed by atoms with E-state index in [1.807, 2.05) is 31.2 Å². The van der Waals surface area contributed by atoms with Gasteiger partial charge in [-0.2, -0.15) is 0 Å². The molecule has 2 aromatic carbocycles. The van der Waals surface area contributed by atoms with E-state index in [1.165, 1.54) is 24.1 Å². The minimum absolute atomic E-state index is 0.127. The van der Waals surface area contributed by atoms with Gasteiger partial charge in [0.25, 0.3) is 5.91 Å². The van der Waals surface area contributed by atoms with Gasteiger partial charge in [0.05, 0.1) is 12.1 Å². The first-order chi connectivity index (χ1) is 13.9. The first-order valence-electron chi connectivity index (χ1n) is 9.56. The molecule has 1 aliphatic heterocycles. The molecule has 0 saturated carbocycles. The molecule has 3 amide bonds. The molecule has 1 atom stereocenters. The molecule has 7 heteroatoms. The fourth-order valence-corrected chi connectivity index (χ4v) is 3.48. The maximum absolute atomic E-state index is 14.5. The molecule has 0 radical (unpaired) electrons. The maximum Gasteiger partial charge on any atom is 0.254 e. The molecule has 2 aromatic rings. The largest absolute Gasteiger partial charge is 0.357 e. The lowest BCUT2D eigenvalue weighted by Crippen LogP contribution is -2.48. The van der Waals surface area contributed by atoms with E-state index in [9.17, 15) is 18.8 Å². The molecule has 152 valence electrons. The number of likely N-dealkylation sites (tertiary alicyclic amines) is 1. The van der Waals surface area contributed by atoms with Crippen molar-refractivity contribution in [1.29, 1.82) is 0 Å². The molecule has 1 unspecified atom stereocenters. The molecule has 0 spiro atoms. The molecule has 2 N–H and O–H groups in total. The molecule has 0 aromatic heterocycles. The Hall–Kier alpha value is -3.22. The van der Waals surface area contributed by atoms with Crippen molar-refractivity contribution in [2.45, 2.75) is 25.8 Å². The summed E-state index contributed by atoms with van der Waals surface area (Å²) in [7, 11) is 1.52. The SMILES string of the molecule is CNC(=O)C1CCCN1C(=O)CNC(=O)c1ccc(-c2ccc(C)cc2)cc1F. The highest BCUT2D eigenvalue weighted by molar-refractivity contribution is 5.97. The Morgan fingerprint density at radius 3 is 2.45 bits per heavy atom. The highest BCUT2D eigenvalue weighted by atomic mass is 19.1. The second-order valence-electron chi connectivity index (χ2n) is 7.10. The van der Waals surface area contributed by atoms with Crippen LogP contribution in [0.15, 0.2) is 42.5 Å². The van der Waals surface area contributed by atoms with Gasteiger partial charge in [0.15, 0.2) is 0 Å². The van der Waals surface area contributed by atoms with Crippen LogP contribution in [0.2, 0.25) is 0 Å². The van der Waals surface area contributed by atoms with Crippen molar-refractivity contribution >= 4 is 17.7 Å². The highest BCUT2D eigenvalue weighted by Crippen LogP contribution is 2.22. The lowest BCUT2D eigenvalue weighted by Gasteiger charge is -2.23. The second kappa shape index (κ2) is 8.86. The molecule has 1 saturated heterocycles. The van der Waals surface area contributed by atoms with E-state index in [2.05, 4.69) is 10.6 Å². The second-order valence-corrected chi connectivity index (χ2v) is 7.10. The van der Waals surface area contributed by atoms with Gasteiger partial charge < -0.3 is 15.5 Å². The van der Waals surface area contributed by atoms with Crippen LogP contribution < -0.4 is 10.6 Å². The number of halogens is 1. The Kier molecular flexibility index (Phi) is 6.26. The number of benzene rings is 2. The van der Waals surface area contributed by atoms with Gasteiger partial charge in [-0.1, -0.05) is 35.9 Å². The first kappa shape index (κ1) is 20.5. The third-order valence-corrected chi connectivity index (χ3v) is 5.12. The molecular weight excluding hydrogens is 373 g/mol. The molecule has 0 aliphatic carbocycles. The number of carbonyl (C=O) groups excluding carboxylic acids is 3. The van der Waals surface area contributed by atoms with Gasteiger partial charge in [0.1, 0.15) is 11.9 Å². The number of amides is 3. The maximum atomic E-state index is 14.5. The monoisotopic (exact) mass is 397 g/mol. The van der Waals surface area contributed by atoms with Crippen molar-refractivity contribution < 1.29 is 18.8 Å². The normalized spacial score (nSPS) is 15.8. The zero-order chi connectivity index (χ0) is 21.0. The van der Waals surface area contributed by atoms with Crippen LogP contribution in [0.5, 0.6) is 0 Å². The summed E-state index contributed by atoms with van der Waals surface area (Å²) >= 11 is 0. The Bertz CT molecular complexity index is 927. The summed E-state index contributed by atoms with van der Waals surface area (Å²) in [5.41, 5.74) is 2.50. The summed E-state index contributed by atoms with van der Waals surface area (Å²) < 4.78 is 14.5. The zero-order valence-electron chi connectivity index (χ0n) is 16.5. The molecule has 0 bridgehead atoms. The number of hydrogen-bond acceptors (Lipinski definition) is 3. The smallest absolute Gasteiger partial charge is 0.254 e. The molecule has 29 heavy (non-hydrogen) atoms. The van der Waals surface area contributed by atoms with E-state index < -0.39 is 17.8 Å². The van der Waals surface area contributed by atoms with Gasteiger partial charge in [-0.15, -0.1) is 0 Å². The Morgan fingerprint density at radius 1 is 1.10 bits per heavy atom. The van der Waals surface area contributed by atoms with Gasteiger partial charge in [0, 0.05) is 13.6 Å². The average molecular weight is 397 g/mol. The predicted octanol–water partition coefficient (Wildman–Crippen LogP) is 2.27. The molecule has 1 heterocycles. The van der Waals surface area contributed by atoms with Gasteiger partial charge in [-0.25, -0.2) is 4.39 Å². The number of nitrogens with zero attached hydrogens (tertiary/aromatic N) is 1. The van der Waals surface area contributed by atoms with Crippen LogP contribution >= 0.6 is 0 Å². The minimum atomic E-state index is -0.665. The van der Waals surface area contributed by atoms with Gasteiger partial charge in [-0.3, -0.25) is 14.4 Å².